The molecular weight excluding hydrogens is 319 g/mol. The maximum absolute atomic E-state index is 13.7. The predicted molar refractivity (Wildman–Crippen MR) is 83.3 cm³/mol. The lowest BCUT2D eigenvalue weighted by atomic mass is 9.95. The molecule has 7 heteroatoms. The maximum Gasteiger partial charge on any atom is 0.325 e. The molecule has 0 saturated carbocycles. The first kappa shape index (κ1) is 15.6. The SMILES string of the molecule is C[C@@]1(c2ccsc2)NC(=O)N(C[C@H](O)c2ccccc2F)C1=O. The number of hydrogen-bond acceptors (Lipinski definition) is 4. The molecule has 0 bridgehead atoms. The molecule has 2 atom stereocenters. The van der Waals surface area contributed by atoms with Crippen molar-refractivity contribution in [1.29, 1.82) is 0 Å². The topological polar surface area (TPSA) is 69.6 Å². The summed E-state index contributed by atoms with van der Waals surface area (Å²) in [4.78, 5) is 25.7. The zero-order valence-corrected chi connectivity index (χ0v) is 13.1. The molecule has 0 spiro atoms. The third-order valence-electron chi connectivity index (χ3n) is 3.99. The minimum atomic E-state index is -1.28. The highest BCUT2D eigenvalue weighted by Crippen LogP contribution is 2.31. The molecule has 3 rings (SSSR count). The van der Waals surface area contributed by atoms with Gasteiger partial charge in [-0.25, -0.2) is 9.18 Å². The average molecular weight is 334 g/mol. The number of urea groups is 1. The standard InChI is InChI=1S/C16H15FN2O3S/c1-16(10-6-7-23-9-10)14(21)19(15(22)18-16)8-13(20)11-4-2-3-5-12(11)17/h2-7,9,13,20H,8H2,1H3,(H,18,22)/t13-,16-/m0/s1. The van der Waals surface area contributed by atoms with Gasteiger partial charge in [0.25, 0.3) is 5.91 Å². The third-order valence-corrected chi connectivity index (χ3v) is 4.68. The lowest BCUT2D eigenvalue weighted by Crippen LogP contribution is -2.41. The Bertz CT molecular complexity index is 750. The van der Waals surface area contributed by atoms with E-state index in [1.54, 1.807) is 24.4 Å². The first-order valence-electron chi connectivity index (χ1n) is 7.03. The molecule has 5 nitrogen and oxygen atoms in total. The van der Waals surface area contributed by atoms with E-state index in [4.69, 9.17) is 0 Å². The molecule has 0 aliphatic carbocycles. The fourth-order valence-corrected chi connectivity index (χ4v) is 3.39. The van der Waals surface area contributed by atoms with Gasteiger partial charge < -0.3 is 10.4 Å². The molecule has 1 fully saturated rings. The predicted octanol–water partition coefficient (Wildman–Crippen LogP) is 2.39. The highest BCUT2D eigenvalue weighted by Gasteiger charge is 2.49. The number of nitrogens with zero attached hydrogens (tertiary/aromatic N) is 1. The fraction of sp³-hybridized carbons (Fsp3) is 0.250. The van der Waals surface area contributed by atoms with Gasteiger partial charge in [0.05, 0.1) is 12.6 Å². The molecule has 1 aromatic heterocycles. The van der Waals surface area contributed by atoms with E-state index < -0.39 is 29.4 Å². The minimum absolute atomic E-state index is 0.0530. The molecule has 23 heavy (non-hydrogen) atoms. The van der Waals surface area contributed by atoms with Crippen molar-refractivity contribution >= 4 is 23.3 Å². The van der Waals surface area contributed by atoms with Gasteiger partial charge in [0.2, 0.25) is 0 Å². The summed E-state index contributed by atoms with van der Waals surface area (Å²) < 4.78 is 13.7. The van der Waals surface area contributed by atoms with Gasteiger partial charge in [0.15, 0.2) is 0 Å². The van der Waals surface area contributed by atoms with Crippen LogP contribution in [-0.4, -0.2) is 28.5 Å². The highest BCUT2D eigenvalue weighted by molar-refractivity contribution is 7.08. The smallest absolute Gasteiger partial charge is 0.325 e. The fourth-order valence-electron chi connectivity index (χ4n) is 2.62. The summed E-state index contributed by atoms with van der Waals surface area (Å²) in [5.41, 5.74) is -0.424. The molecule has 0 unspecified atom stereocenters. The lowest BCUT2D eigenvalue weighted by Gasteiger charge is -2.22. The molecule has 1 aliphatic heterocycles. The van der Waals surface area contributed by atoms with E-state index in [9.17, 15) is 19.1 Å². The van der Waals surface area contributed by atoms with Gasteiger partial charge in [-0.1, -0.05) is 18.2 Å². The molecule has 2 heterocycles. The molecule has 1 aliphatic rings. The Labute approximate surface area is 136 Å². The highest BCUT2D eigenvalue weighted by atomic mass is 32.1. The van der Waals surface area contributed by atoms with Crippen LogP contribution in [0.3, 0.4) is 0 Å². The average Bonchev–Trinajstić information content (AvgIpc) is 3.12. The van der Waals surface area contributed by atoms with Crippen LogP contribution in [0.25, 0.3) is 0 Å². The summed E-state index contributed by atoms with van der Waals surface area (Å²) in [5, 5.41) is 16.4. The molecule has 3 amide bonds. The van der Waals surface area contributed by atoms with E-state index in [1.807, 2.05) is 5.38 Å². The van der Waals surface area contributed by atoms with Crippen molar-refractivity contribution in [3.63, 3.8) is 0 Å². The van der Waals surface area contributed by atoms with E-state index in [2.05, 4.69) is 5.32 Å². The number of carbonyl (C=O) groups is 2. The second-order valence-corrected chi connectivity index (χ2v) is 6.30. The Morgan fingerprint density at radius 1 is 1.35 bits per heavy atom. The van der Waals surface area contributed by atoms with E-state index in [0.717, 1.165) is 4.90 Å². The summed E-state index contributed by atoms with van der Waals surface area (Å²) in [5.74, 6) is -1.04. The van der Waals surface area contributed by atoms with E-state index in [0.29, 0.717) is 5.56 Å². The van der Waals surface area contributed by atoms with Crippen molar-refractivity contribution in [2.75, 3.05) is 6.54 Å². The van der Waals surface area contributed by atoms with Crippen LogP contribution in [-0.2, 0) is 10.3 Å². The second-order valence-electron chi connectivity index (χ2n) is 5.52. The number of rotatable bonds is 4. The number of nitrogens with one attached hydrogen (secondary N) is 1. The number of halogens is 1. The van der Waals surface area contributed by atoms with Crippen LogP contribution in [0, 0.1) is 5.82 Å². The summed E-state index contributed by atoms with van der Waals surface area (Å²) in [6.07, 6.45) is -1.28. The lowest BCUT2D eigenvalue weighted by molar-refractivity contribution is -0.132. The van der Waals surface area contributed by atoms with Crippen molar-refractivity contribution in [2.45, 2.75) is 18.6 Å². The Morgan fingerprint density at radius 2 is 2.09 bits per heavy atom. The quantitative estimate of drug-likeness (QED) is 0.844. The normalized spacial score (nSPS) is 22.3. The number of aliphatic hydroxyl groups excluding tert-OH is 1. The van der Waals surface area contributed by atoms with Crippen molar-refractivity contribution < 1.29 is 19.1 Å². The molecular formula is C16H15FN2O3S. The van der Waals surface area contributed by atoms with Crippen LogP contribution in [0.2, 0.25) is 0 Å². The van der Waals surface area contributed by atoms with Crippen molar-refractivity contribution in [2.24, 2.45) is 0 Å². The van der Waals surface area contributed by atoms with Crippen LogP contribution in [0.1, 0.15) is 24.2 Å². The number of carbonyl (C=O) groups excluding carboxylic acids is 2. The Balaban J connectivity index is 1.83. The number of imide groups is 1. The maximum atomic E-state index is 13.7. The second kappa shape index (κ2) is 5.75. The van der Waals surface area contributed by atoms with Gasteiger partial charge >= 0.3 is 6.03 Å². The summed E-state index contributed by atoms with van der Waals surface area (Å²) in [6.45, 7) is 1.32. The van der Waals surface area contributed by atoms with Gasteiger partial charge in [-0.05, 0) is 35.4 Å². The van der Waals surface area contributed by atoms with Crippen LogP contribution in [0.5, 0.6) is 0 Å². The zero-order valence-electron chi connectivity index (χ0n) is 12.3. The largest absolute Gasteiger partial charge is 0.386 e. The molecule has 120 valence electrons. The van der Waals surface area contributed by atoms with Gasteiger partial charge in [-0.15, -0.1) is 0 Å². The van der Waals surface area contributed by atoms with E-state index in [-0.39, 0.29) is 12.1 Å². The van der Waals surface area contributed by atoms with Gasteiger partial charge in [-0.2, -0.15) is 11.3 Å². The number of benzene rings is 1. The van der Waals surface area contributed by atoms with Gasteiger partial charge in [-0.3, -0.25) is 9.69 Å². The summed E-state index contributed by atoms with van der Waals surface area (Å²) in [6, 6.07) is 6.91. The van der Waals surface area contributed by atoms with Crippen LogP contribution >= 0.6 is 11.3 Å². The van der Waals surface area contributed by atoms with Crippen LogP contribution in [0.4, 0.5) is 9.18 Å². The number of hydrogen-bond donors (Lipinski definition) is 2. The monoisotopic (exact) mass is 334 g/mol. The van der Waals surface area contributed by atoms with Gasteiger partial charge in [0.1, 0.15) is 11.4 Å². The van der Waals surface area contributed by atoms with Crippen LogP contribution in [0.15, 0.2) is 41.1 Å². The molecule has 2 N–H and O–H groups in total. The van der Waals surface area contributed by atoms with Crippen LogP contribution < -0.4 is 5.32 Å². The Morgan fingerprint density at radius 3 is 2.74 bits per heavy atom. The minimum Gasteiger partial charge on any atom is -0.386 e. The third kappa shape index (κ3) is 2.62. The van der Waals surface area contributed by atoms with E-state index >= 15 is 0 Å². The first-order chi connectivity index (χ1) is 10.9. The number of aliphatic hydroxyl groups is 1. The molecule has 0 radical (unpaired) electrons. The molecule has 2 aromatic rings. The van der Waals surface area contributed by atoms with Crippen molar-refractivity contribution in [1.82, 2.24) is 10.2 Å². The summed E-state index contributed by atoms with van der Waals surface area (Å²) in [7, 11) is 0. The van der Waals surface area contributed by atoms with Gasteiger partial charge in [0, 0.05) is 5.56 Å². The number of amides is 3. The number of β-amino-alcohol motifs (C(OH)–C–C–N with tert-alkyl or cyclic N) is 1. The molecule has 1 saturated heterocycles. The van der Waals surface area contributed by atoms with E-state index in [1.165, 1.54) is 29.5 Å². The van der Waals surface area contributed by atoms with Crippen molar-refractivity contribution in [3.05, 3.63) is 58.0 Å². The summed E-state index contributed by atoms with van der Waals surface area (Å²) >= 11 is 1.42. The molecule has 1 aromatic carbocycles. The Hall–Kier alpha value is -2.25. The first-order valence-corrected chi connectivity index (χ1v) is 7.97. The number of thiophene rings is 1. The Kier molecular flexibility index (Phi) is 3.91. The zero-order chi connectivity index (χ0) is 16.6. The van der Waals surface area contributed by atoms with Crippen molar-refractivity contribution in [3.8, 4) is 0 Å².